The molecule has 0 bridgehead atoms. The minimum absolute atomic E-state index is 0.0390. The van der Waals surface area contributed by atoms with E-state index in [-0.39, 0.29) is 25.6 Å². The lowest BCUT2D eigenvalue weighted by Gasteiger charge is -2.30. The molecule has 0 aromatic heterocycles. The first-order chi connectivity index (χ1) is 13.3. The molecule has 0 aliphatic heterocycles. The van der Waals surface area contributed by atoms with Crippen LogP contribution >= 0.6 is 23.2 Å². The molecule has 4 atom stereocenters. The van der Waals surface area contributed by atoms with E-state index in [1.807, 2.05) is 0 Å². The number of aliphatic carboxylic acids is 1. The monoisotopic (exact) mass is 427 g/mol. The predicted octanol–water partition coefficient (Wildman–Crippen LogP) is 3.43. The average molecular weight is 428 g/mol. The highest BCUT2D eigenvalue weighted by molar-refractivity contribution is 6.35. The Kier molecular flexibility index (Phi) is 5.86. The van der Waals surface area contributed by atoms with Gasteiger partial charge in [0, 0.05) is 21.5 Å². The Hall–Kier alpha value is -2.25. The maximum Gasteiger partial charge on any atom is 0.408 e. The largest absolute Gasteiger partial charge is 0.481 e. The Morgan fingerprint density at radius 1 is 1.29 bits per heavy atom. The summed E-state index contributed by atoms with van der Waals surface area (Å²) < 4.78 is 10.3. The molecule has 4 unspecified atom stereocenters. The van der Waals surface area contributed by atoms with E-state index in [1.54, 1.807) is 18.2 Å². The van der Waals surface area contributed by atoms with E-state index in [9.17, 15) is 19.5 Å². The smallest absolute Gasteiger partial charge is 0.408 e. The number of carbonyl (C=O) groups is 3. The van der Waals surface area contributed by atoms with Gasteiger partial charge >= 0.3 is 18.0 Å². The molecule has 2 saturated carbocycles. The lowest BCUT2D eigenvalue weighted by molar-refractivity contribution is -0.154. The molecule has 2 fully saturated rings. The van der Waals surface area contributed by atoms with Crippen LogP contribution in [0.2, 0.25) is 10.0 Å². The molecule has 2 aliphatic rings. The van der Waals surface area contributed by atoms with Crippen LogP contribution in [0.25, 0.3) is 0 Å². The number of alkyl carbamates (subject to hydrolysis) is 1. The number of carboxylic acid groups (broad SMARTS) is 1. The number of ether oxygens (including phenoxy) is 2. The molecule has 1 aromatic carbocycles. The predicted molar refractivity (Wildman–Crippen MR) is 101 cm³/mol. The van der Waals surface area contributed by atoms with Crippen LogP contribution in [-0.4, -0.2) is 35.3 Å². The Bertz CT molecular complexity index is 808. The third kappa shape index (κ3) is 3.69. The highest BCUT2D eigenvalue weighted by Crippen LogP contribution is 2.62. The van der Waals surface area contributed by atoms with Crippen molar-refractivity contribution in [3.8, 4) is 0 Å². The van der Waals surface area contributed by atoms with Crippen LogP contribution in [-0.2, 0) is 25.7 Å². The number of nitrogens with one attached hydrogen (secondary N) is 1. The minimum Gasteiger partial charge on any atom is -0.481 e. The van der Waals surface area contributed by atoms with Crippen molar-refractivity contribution in [1.82, 2.24) is 5.32 Å². The third-order valence-corrected chi connectivity index (χ3v) is 6.03. The molecule has 28 heavy (non-hydrogen) atoms. The van der Waals surface area contributed by atoms with Gasteiger partial charge in [-0.15, -0.1) is 0 Å². The van der Waals surface area contributed by atoms with Crippen molar-refractivity contribution in [1.29, 1.82) is 0 Å². The van der Waals surface area contributed by atoms with Gasteiger partial charge in [0.05, 0.1) is 5.92 Å². The molecule has 0 saturated heterocycles. The molecule has 3 rings (SSSR count). The Labute approximate surface area is 171 Å². The first kappa shape index (κ1) is 20.5. The van der Waals surface area contributed by atoms with Gasteiger partial charge in [0.2, 0.25) is 0 Å². The van der Waals surface area contributed by atoms with Crippen molar-refractivity contribution in [3.63, 3.8) is 0 Å². The van der Waals surface area contributed by atoms with E-state index < -0.39 is 35.4 Å². The maximum absolute atomic E-state index is 13.0. The summed E-state index contributed by atoms with van der Waals surface area (Å²) in [5, 5.41) is 12.6. The molecular formula is C19H19Cl2NO6. The zero-order valence-corrected chi connectivity index (χ0v) is 16.3. The highest BCUT2D eigenvalue weighted by atomic mass is 35.5. The van der Waals surface area contributed by atoms with E-state index in [2.05, 4.69) is 11.9 Å². The van der Waals surface area contributed by atoms with Gasteiger partial charge in [-0.2, -0.15) is 0 Å². The van der Waals surface area contributed by atoms with Gasteiger partial charge in [-0.1, -0.05) is 41.9 Å². The second-order valence-corrected chi connectivity index (χ2v) is 7.67. The van der Waals surface area contributed by atoms with Crippen LogP contribution in [0.3, 0.4) is 0 Å². The maximum atomic E-state index is 13.0. The fraction of sp³-hybridized carbons (Fsp3) is 0.421. The lowest BCUT2D eigenvalue weighted by Crippen LogP contribution is -2.56. The van der Waals surface area contributed by atoms with Gasteiger partial charge in [0.25, 0.3) is 0 Å². The lowest BCUT2D eigenvalue weighted by atomic mass is 9.90. The summed E-state index contributed by atoms with van der Waals surface area (Å²) >= 11 is 12.2. The molecule has 9 heteroatoms. The second-order valence-electron chi connectivity index (χ2n) is 6.85. The number of rotatable bonds is 7. The summed E-state index contributed by atoms with van der Waals surface area (Å²) in [6, 6.07) is 4.90. The number of benzene rings is 1. The van der Waals surface area contributed by atoms with Gasteiger partial charge in [0.15, 0.2) is 0 Å². The van der Waals surface area contributed by atoms with Crippen molar-refractivity contribution in [2.75, 3.05) is 6.61 Å². The molecule has 7 nitrogen and oxygen atoms in total. The summed E-state index contributed by atoms with van der Waals surface area (Å²) in [5.41, 5.74) is -1.02. The van der Waals surface area contributed by atoms with Crippen molar-refractivity contribution in [3.05, 3.63) is 46.5 Å². The first-order valence-corrected chi connectivity index (χ1v) is 9.46. The van der Waals surface area contributed by atoms with Gasteiger partial charge in [-0.05, 0) is 30.9 Å². The number of carbonyl (C=O) groups excluding carboxylic acids is 2. The van der Waals surface area contributed by atoms with Crippen LogP contribution in [0, 0.1) is 17.8 Å². The van der Waals surface area contributed by atoms with Gasteiger partial charge in [0.1, 0.15) is 18.8 Å². The molecule has 150 valence electrons. The van der Waals surface area contributed by atoms with Crippen LogP contribution in [0.15, 0.2) is 30.9 Å². The topological polar surface area (TPSA) is 102 Å². The number of hydrogen-bond donors (Lipinski definition) is 2. The van der Waals surface area contributed by atoms with Crippen molar-refractivity contribution in [2.45, 2.75) is 25.0 Å². The number of hydrogen-bond acceptors (Lipinski definition) is 5. The number of esters is 1. The summed E-state index contributed by atoms with van der Waals surface area (Å²) in [5.74, 6) is -3.16. The van der Waals surface area contributed by atoms with Crippen molar-refractivity contribution < 1.29 is 29.0 Å². The van der Waals surface area contributed by atoms with Gasteiger partial charge < -0.3 is 19.9 Å². The molecular weight excluding hydrogens is 409 g/mol. The molecule has 2 aliphatic carbocycles. The van der Waals surface area contributed by atoms with Crippen LogP contribution in [0.5, 0.6) is 0 Å². The summed E-state index contributed by atoms with van der Waals surface area (Å²) in [4.78, 5) is 36.6. The molecule has 0 spiro atoms. The van der Waals surface area contributed by atoms with E-state index in [4.69, 9.17) is 32.7 Å². The Morgan fingerprint density at radius 2 is 1.96 bits per heavy atom. The third-order valence-electron chi connectivity index (χ3n) is 5.33. The first-order valence-electron chi connectivity index (χ1n) is 8.70. The van der Waals surface area contributed by atoms with Gasteiger partial charge in [-0.25, -0.2) is 9.59 Å². The summed E-state index contributed by atoms with van der Waals surface area (Å²) in [7, 11) is 0. The second kappa shape index (κ2) is 8.01. The summed E-state index contributed by atoms with van der Waals surface area (Å²) in [6.45, 7) is 3.22. The van der Waals surface area contributed by atoms with Gasteiger partial charge in [-0.3, -0.25) is 4.79 Å². The number of amides is 1. The van der Waals surface area contributed by atoms with E-state index in [1.165, 1.54) is 6.08 Å². The average Bonchev–Trinajstić information content (AvgIpc) is 3.28. The van der Waals surface area contributed by atoms with Crippen molar-refractivity contribution in [2.24, 2.45) is 17.8 Å². The summed E-state index contributed by atoms with van der Waals surface area (Å²) in [6.07, 6.45) is 1.32. The Morgan fingerprint density at radius 3 is 2.54 bits per heavy atom. The molecule has 2 N–H and O–H groups in total. The van der Waals surface area contributed by atoms with Crippen LogP contribution in [0.4, 0.5) is 4.79 Å². The zero-order valence-electron chi connectivity index (χ0n) is 14.8. The van der Waals surface area contributed by atoms with E-state index in [0.717, 1.165) is 0 Å². The van der Waals surface area contributed by atoms with E-state index >= 15 is 0 Å². The fourth-order valence-corrected chi connectivity index (χ4v) is 4.53. The SMILES string of the molecule is C=CCOC(=O)NC1(C(=O)OCc2c(Cl)cccc2Cl)CCC2C(C(=O)O)C21. The number of fused-ring (bicyclic) bond motifs is 1. The number of carboxylic acids is 1. The quantitative estimate of drug-likeness (QED) is 0.510. The highest BCUT2D eigenvalue weighted by Gasteiger charge is 2.72. The van der Waals surface area contributed by atoms with Crippen LogP contribution < -0.4 is 5.32 Å². The molecule has 1 amide bonds. The van der Waals surface area contributed by atoms with Crippen molar-refractivity contribution >= 4 is 41.2 Å². The zero-order chi connectivity index (χ0) is 20.5. The molecule has 1 aromatic rings. The Balaban J connectivity index is 1.79. The molecule has 0 heterocycles. The van der Waals surface area contributed by atoms with Crippen LogP contribution in [0.1, 0.15) is 18.4 Å². The standard InChI is InChI=1S/C19H19Cl2NO6/c1-2-8-27-18(26)22-19(7-6-10-14(15(10)19)16(23)24)17(25)28-9-11-12(20)4-3-5-13(11)21/h2-5,10,14-15H,1,6-9H2,(H,22,26)(H,23,24). The number of halogens is 2. The molecule has 0 radical (unpaired) electrons. The minimum atomic E-state index is -1.46. The van der Waals surface area contributed by atoms with E-state index in [0.29, 0.717) is 22.0 Å². The normalized spacial score (nSPS) is 27.4. The fourth-order valence-electron chi connectivity index (χ4n) is 4.03.